The first kappa shape index (κ1) is 17.2. The molecule has 5 nitrogen and oxygen atoms in total. The Labute approximate surface area is 135 Å². The van der Waals surface area contributed by atoms with Gasteiger partial charge in [-0.3, -0.25) is 4.90 Å². The number of hydrogen-bond donors (Lipinski definition) is 2. The monoisotopic (exact) mass is 326 g/mol. The number of carbonyl (C=O) groups excluding carboxylic acids is 1. The van der Waals surface area contributed by atoms with Crippen molar-refractivity contribution in [1.82, 2.24) is 11.1 Å². The minimum absolute atomic E-state index is 0. The molecule has 2 heterocycles. The lowest BCUT2D eigenvalue weighted by Gasteiger charge is -2.26. The van der Waals surface area contributed by atoms with Gasteiger partial charge in [-0.25, -0.2) is 4.79 Å². The van der Waals surface area contributed by atoms with E-state index in [-0.39, 0.29) is 12.1 Å². The van der Waals surface area contributed by atoms with Crippen LogP contribution in [0.2, 0.25) is 0 Å². The molecule has 2 atom stereocenters. The van der Waals surface area contributed by atoms with Gasteiger partial charge in [0.2, 0.25) is 0 Å². The van der Waals surface area contributed by atoms with Gasteiger partial charge < -0.3 is 16.0 Å². The van der Waals surface area contributed by atoms with Crippen LogP contribution in [0, 0.1) is 6.92 Å². The Morgan fingerprint density at radius 2 is 2.27 bits per heavy atom. The molecule has 1 fully saturated rings. The summed E-state index contributed by atoms with van der Waals surface area (Å²) >= 11 is 5.98. The number of carbonyl (C=O) groups is 1. The van der Waals surface area contributed by atoms with Gasteiger partial charge in [0.05, 0.1) is 11.7 Å². The summed E-state index contributed by atoms with van der Waals surface area (Å²) < 4.78 is 5.06. The number of rotatable bonds is 4. The Bertz CT molecular complexity index is 565. The van der Waals surface area contributed by atoms with Crippen molar-refractivity contribution in [3.05, 3.63) is 34.4 Å². The number of nitrogens with zero attached hydrogens (tertiary/aromatic N) is 1. The second kappa shape index (κ2) is 6.96. The van der Waals surface area contributed by atoms with Crippen LogP contribution in [0.3, 0.4) is 0 Å². The average molecular weight is 327 g/mol. The van der Waals surface area contributed by atoms with Gasteiger partial charge in [-0.1, -0.05) is 6.07 Å². The molecule has 0 aliphatic carbocycles. The molecule has 1 unspecified atom stereocenters. The lowest BCUT2D eigenvalue weighted by atomic mass is 9.95. The van der Waals surface area contributed by atoms with E-state index in [0.717, 1.165) is 36.1 Å². The molecule has 2 aliphatic heterocycles. The molecule has 0 aromatic heterocycles. The number of benzene rings is 1. The third-order valence-corrected chi connectivity index (χ3v) is 5.01. The van der Waals surface area contributed by atoms with Gasteiger partial charge in [-0.2, -0.15) is 0 Å². The fourth-order valence-electron chi connectivity index (χ4n) is 3.36. The van der Waals surface area contributed by atoms with Gasteiger partial charge in [0, 0.05) is 24.0 Å². The third kappa shape index (κ3) is 2.99. The molecular weight excluding hydrogens is 304 g/mol. The quantitative estimate of drug-likeness (QED) is 0.656. The van der Waals surface area contributed by atoms with E-state index in [9.17, 15) is 9.90 Å². The smallest absolute Gasteiger partial charge is 0.338 e. The summed E-state index contributed by atoms with van der Waals surface area (Å²) in [5.74, 6) is 0.342. The predicted molar refractivity (Wildman–Crippen MR) is 85.6 cm³/mol. The Hall–Kier alpha value is -1.14. The van der Waals surface area contributed by atoms with Crippen molar-refractivity contribution < 1.29 is 14.6 Å². The molecule has 0 amide bonds. The van der Waals surface area contributed by atoms with Gasteiger partial charge in [0.15, 0.2) is 0 Å². The second-order valence-corrected chi connectivity index (χ2v) is 6.15. The Balaban J connectivity index is 0.00000176. The fraction of sp³-hybridized carbons (Fsp3) is 0.562. The molecule has 3 rings (SSSR count). The maximum atomic E-state index is 11.6. The summed E-state index contributed by atoms with van der Waals surface area (Å²) in [4.78, 5) is 13.8. The fourth-order valence-corrected chi connectivity index (χ4v) is 3.71. The number of esters is 1. The van der Waals surface area contributed by atoms with Gasteiger partial charge in [0.1, 0.15) is 6.61 Å². The van der Waals surface area contributed by atoms with E-state index in [1.165, 1.54) is 0 Å². The Morgan fingerprint density at radius 3 is 3.00 bits per heavy atom. The zero-order valence-corrected chi connectivity index (χ0v) is 13.6. The maximum absolute atomic E-state index is 11.6. The summed E-state index contributed by atoms with van der Waals surface area (Å²) in [6.07, 6.45) is 1.67. The van der Waals surface area contributed by atoms with Crippen molar-refractivity contribution in [1.29, 1.82) is 0 Å². The molecule has 1 aromatic rings. The number of cyclic esters (lactones) is 1. The van der Waals surface area contributed by atoms with Crippen LogP contribution in [0.15, 0.2) is 12.1 Å². The van der Waals surface area contributed by atoms with Crippen LogP contribution in [-0.4, -0.2) is 41.0 Å². The number of hydrogen-bond acceptors (Lipinski definition) is 5. The lowest BCUT2D eigenvalue weighted by molar-refractivity contribution is 0.0535. The van der Waals surface area contributed by atoms with E-state index in [2.05, 4.69) is 4.90 Å². The van der Waals surface area contributed by atoms with E-state index >= 15 is 0 Å². The molecule has 0 radical (unpaired) electrons. The number of likely N-dealkylation sites (tertiary alicyclic amines) is 1. The largest absolute Gasteiger partial charge is 0.457 e. The zero-order chi connectivity index (χ0) is 15.0. The Morgan fingerprint density at radius 1 is 1.50 bits per heavy atom. The van der Waals surface area contributed by atoms with Gasteiger partial charge in [-0.05, 0) is 43.5 Å². The number of fused-ring (bicyclic) bond motifs is 1. The third-order valence-electron chi connectivity index (χ3n) is 4.65. The molecule has 22 heavy (non-hydrogen) atoms. The van der Waals surface area contributed by atoms with Crippen LogP contribution >= 0.6 is 11.6 Å². The molecule has 0 spiro atoms. The van der Waals surface area contributed by atoms with Crippen molar-refractivity contribution in [3.63, 3.8) is 0 Å². The minimum atomic E-state index is -0.560. The van der Waals surface area contributed by atoms with Crippen LogP contribution in [0.25, 0.3) is 0 Å². The first-order valence-electron chi connectivity index (χ1n) is 7.39. The molecule has 6 heteroatoms. The minimum Gasteiger partial charge on any atom is -0.457 e. The van der Waals surface area contributed by atoms with Gasteiger partial charge in [-0.15, -0.1) is 11.6 Å². The standard InChI is InChI=1S/C16H20ClNO3.H3N/c1-10-12(4-5-13-14(10)9-21-16(13)20)15(19)8-18-6-2-3-11(18)7-17;/h4-5,11,15,19H,2-3,6-9H2,1H3;1H3/t11?,15-;/m0./s1. The highest BCUT2D eigenvalue weighted by Crippen LogP contribution is 2.30. The number of alkyl halides is 1. The summed E-state index contributed by atoms with van der Waals surface area (Å²) in [5, 5.41) is 10.6. The molecule has 4 N–H and O–H groups in total. The number of halogens is 1. The topological polar surface area (TPSA) is 84.8 Å². The second-order valence-electron chi connectivity index (χ2n) is 5.84. The molecule has 1 saturated heterocycles. The van der Waals surface area contributed by atoms with Crippen molar-refractivity contribution >= 4 is 17.6 Å². The van der Waals surface area contributed by atoms with E-state index in [1.54, 1.807) is 6.07 Å². The first-order chi connectivity index (χ1) is 10.1. The van der Waals surface area contributed by atoms with E-state index in [0.29, 0.717) is 30.6 Å². The average Bonchev–Trinajstić information content (AvgIpc) is 3.06. The van der Waals surface area contributed by atoms with Crippen molar-refractivity contribution in [2.24, 2.45) is 0 Å². The van der Waals surface area contributed by atoms with Crippen molar-refractivity contribution in [2.45, 2.75) is 38.5 Å². The molecular formula is C16H23ClN2O3. The summed E-state index contributed by atoms with van der Waals surface area (Å²) in [6, 6.07) is 3.97. The molecule has 2 aliphatic rings. The van der Waals surface area contributed by atoms with E-state index < -0.39 is 6.10 Å². The molecule has 1 aromatic carbocycles. The summed E-state index contributed by atoms with van der Waals surface area (Å²) in [7, 11) is 0. The highest BCUT2D eigenvalue weighted by Gasteiger charge is 2.29. The van der Waals surface area contributed by atoms with Crippen molar-refractivity contribution in [3.8, 4) is 0 Å². The van der Waals surface area contributed by atoms with Gasteiger partial charge >= 0.3 is 5.97 Å². The maximum Gasteiger partial charge on any atom is 0.338 e. The normalized spacial score (nSPS) is 22.1. The highest BCUT2D eigenvalue weighted by molar-refractivity contribution is 6.18. The van der Waals surface area contributed by atoms with Gasteiger partial charge in [0.25, 0.3) is 0 Å². The van der Waals surface area contributed by atoms with Crippen LogP contribution in [0.1, 0.15) is 46.0 Å². The van der Waals surface area contributed by atoms with Crippen LogP contribution in [0.5, 0.6) is 0 Å². The summed E-state index contributed by atoms with van der Waals surface area (Å²) in [5.41, 5.74) is 3.38. The van der Waals surface area contributed by atoms with Crippen LogP contribution < -0.4 is 6.15 Å². The predicted octanol–water partition coefficient (Wildman–Crippen LogP) is 2.56. The molecule has 122 valence electrons. The summed E-state index contributed by atoms with van der Waals surface area (Å²) in [6.45, 7) is 3.84. The Kier molecular flexibility index (Phi) is 5.45. The van der Waals surface area contributed by atoms with Crippen molar-refractivity contribution in [2.75, 3.05) is 19.0 Å². The zero-order valence-electron chi connectivity index (χ0n) is 12.8. The van der Waals surface area contributed by atoms with E-state index in [4.69, 9.17) is 16.3 Å². The van der Waals surface area contributed by atoms with E-state index in [1.807, 2.05) is 13.0 Å². The molecule has 0 saturated carbocycles. The van der Waals surface area contributed by atoms with Crippen LogP contribution in [-0.2, 0) is 11.3 Å². The SMILES string of the molecule is Cc1c([C@@H](O)CN2CCCC2CCl)ccc2c1COC2=O.N. The number of aliphatic hydroxyl groups is 1. The highest BCUT2D eigenvalue weighted by atomic mass is 35.5. The molecule has 0 bridgehead atoms. The number of aliphatic hydroxyl groups excluding tert-OH is 1. The number of β-amino-alcohol motifs (C(OH)–C–C–N with tert-alkyl or cyclic N) is 1. The first-order valence-corrected chi connectivity index (χ1v) is 7.93. The lowest BCUT2D eigenvalue weighted by Crippen LogP contribution is -2.34. The number of ether oxygens (including phenoxy) is 1. The van der Waals surface area contributed by atoms with Crippen LogP contribution in [0.4, 0.5) is 0 Å².